The number of aromatic hydroxyl groups is 3. The Morgan fingerprint density at radius 3 is 2.32 bits per heavy atom. The van der Waals surface area contributed by atoms with Gasteiger partial charge in [-0.15, -0.1) is 0 Å². The molecule has 0 aliphatic heterocycles. The van der Waals surface area contributed by atoms with E-state index >= 15 is 0 Å². The van der Waals surface area contributed by atoms with Crippen molar-refractivity contribution < 1.29 is 29.2 Å². The number of rotatable bonds is 2. The van der Waals surface area contributed by atoms with Crippen LogP contribution in [0.5, 0.6) is 28.7 Å². The van der Waals surface area contributed by atoms with Crippen LogP contribution in [0.15, 0.2) is 27.4 Å². The highest BCUT2D eigenvalue weighted by molar-refractivity contribution is 6.11. The van der Waals surface area contributed by atoms with Gasteiger partial charge in [-0.1, -0.05) is 0 Å². The molecule has 0 bridgehead atoms. The Hall–Kier alpha value is -3.09. The third-order valence-corrected chi connectivity index (χ3v) is 3.43. The molecule has 0 radical (unpaired) electrons. The summed E-state index contributed by atoms with van der Waals surface area (Å²) in [5.41, 5.74) is -0.771. The fraction of sp³-hybridized carbons (Fsp3) is 0.133. The molecule has 0 unspecified atom stereocenters. The zero-order valence-corrected chi connectivity index (χ0v) is 11.7. The number of ether oxygens (including phenoxy) is 2. The second kappa shape index (κ2) is 4.73. The summed E-state index contributed by atoms with van der Waals surface area (Å²) < 4.78 is 15.1. The average Bonchev–Trinajstić information content (AvgIpc) is 2.49. The van der Waals surface area contributed by atoms with Crippen LogP contribution in [0.3, 0.4) is 0 Å². The summed E-state index contributed by atoms with van der Waals surface area (Å²) in [4.78, 5) is 12.1. The van der Waals surface area contributed by atoms with Crippen LogP contribution in [0, 0.1) is 0 Å². The van der Waals surface area contributed by atoms with Gasteiger partial charge in [0.1, 0.15) is 22.5 Å². The van der Waals surface area contributed by atoms with Crippen molar-refractivity contribution in [2.24, 2.45) is 0 Å². The molecule has 0 saturated carbocycles. The van der Waals surface area contributed by atoms with Crippen molar-refractivity contribution >= 4 is 21.7 Å². The van der Waals surface area contributed by atoms with Crippen LogP contribution in [0.25, 0.3) is 21.7 Å². The zero-order chi connectivity index (χ0) is 16.0. The van der Waals surface area contributed by atoms with E-state index in [1.165, 1.54) is 32.4 Å². The molecule has 2 aromatic carbocycles. The number of phenolic OH excluding ortho intramolecular Hbond substituents is 3. The van der Waals surface area contributed by atoms with Crippen LogP contribution in [0.4, 0.5) is 0 Å². The molecule has 0 fully saturated rings. The van der Waals surface area contributed by atoms with Gasteiger partial charge in [0, 0.05) is 17.5 Å². The van der Waals surface area contributed by atoms with Crippen LogP contribution in [0.2, 0.25) is 0 Å². The minimum Gasteiger partial charge on any atom is -0.507 e. The van der Waals surface area contributed by atoms with E-state index in [2.05, 4.69) is 0 Å². The summed E-state index contributed by atoms with van der Waals surface area (Å²) >= 11 is 0. The van der Waals surface area contributed by atoms with Crippen LogP contribution in [0.1, 0.15) is 0 Å². The lowest BCUT2D eigenvalue weighted by Gasteiger charge is -2.11. The monoisotopic (exact) mass is 304 g/mol. The Kier molecular flexibility index (Phi) is 2.98. The van der Waals surface area contributed by atoms with Crippen molar-refractivity contribution in [3.8, 4) is 28.7 Å². The minimum atomic E-state index is -0.783. The summed E-state index contributed by atoms with van der Waals surface area (Å²) in [5.74, 6) is -1.12. The van der Waals surface area contributed by atoms with Crippen LogP contribution < -0.4 is 15.1 Å². The molecule has 3 aromatic rings. The van der Waals surface area contributed by atoms with Crippen LogP contribution in [-0.4, -0.2) is 29.5 Å². The Balaban J connectivity index is 2.62. The number of hydrogen-bond donors (Lipinski definition) is 3. The highest BCUT2D eigenvalue weighted by Gasteiger charge is 2.20. The first-order valence-electron chi connectivity index (χ1n) is 6.24. The predicted octanol–water partition coefficient (Wildman–Crippen LogP) is 2.08. The average molecular weight is 304 g/mol. The van der Waals surface area contributed by atoms with E-state index < -0.39 is 17.1 Å². The second-order valence-electron chi connectivity index (χ2n) is 4.61. The van der Waals surface area contributed by atoms with E-state index in [-0.39, 0.29) is 39.0 Å². The van der Waals surface area contributed by atoms with Crippen molar-refractivity contribution in [1.29, 1.82) is 0 Å². The van der Waals surface area contributed by atoms with Crippen LogP contribution >= 0.6 is 0 Å². The fourth-order valence-electron chi connectivity index (χ4n) is 2.39. The largest absolute Gasteiger partial charge is 0.507 e. The van der Waals surface area contributed by atoms with Gasteiger partial charge in [0.25, 0.3) is 0 Å². The first-order valence-corrected chi connectivity index (χ1v) is 6.24. The van der Waals surface area contributed by atoms with Crippen molar-refractivity contribution in [1.82, 2.24) is 0 Å². The third-order valence-electron chi connectivity index (χ3n) is 3.43. The Labute approximate surface area is 123 Å². The first-order chi connectivity index (χ1) is 10.5. The summed E-state index contributed by atoms with van der Waals surface area (Å²) in [6.45, 7) is 0. The Morgan fingerprint density at radius 1 is 0.955 bits per heavy atom. The van der Waals surface area contributed by atoms with Gasteiger partial charge in [0.15, 0.2) is 11.5 Å². The molecule has 0 atom stereocenters. The molecule has 7 nitrogen and oxygen atoms in total. The van der Waals surface area contributed by atoms with Crippen molar-refractivity contribution in [3.63, 3.8) is 0 Å². The molecule has 0 spiro atoms. The maximum absolute atomic E-state index is 12.1. The van der Waals surface area contributed by atoms with E-state index in [0.717, 1.165) is 0 Å². The van der Waals surface area contributed by atoms with E-state index in [9.17, 15) is 20.1 Å². The Bertz CT molecular complexity index is 956. The number of fused-ring (bicyclic) bond motifs is 3. The number of benzene rings is 2. The minimum absolute atomic E-state index is 0.0114. The maximum atomic E-state index is 12.1. The van der Waals surface area contributed by atoms with Crippen molar-refractivity contribution in [2.45, 2.75) is 0 Å². The molecule has 22 heavy (non-hydrogen) atoms. The third kappa shape index (κ3) is 1.79. The van der Waals surface area contributed by atoms with E-state index in [0.29, 0.717) is 0 Å². The quantitative estimate of drug-likeness (QED) is 0.378. The molecule has 0 aliphatic carbocycles. The van der Waals surface area contributed by atoms with Gasteiger partial charge in [-0.05, 0) is 6.07 Å². The highest BCUT2D eigenvalue weighted by atomic mass is 16.5. The second-order valence-corrected chi connectivity index (χ2v) is 4.61. The normalized spacial score (nSPS) is 11.0. The van der Waals surface area contributed by atoms with E-state index in [1.54, 1.807) is 0 Å². The summed E-state index contributed by atoms with van der Waals surface area (Å²) in [7, 11) is 2.70. The van der Waals surface area contributed by atoms with E-state index in [1.807, 2.05) is 0 Å². The predicted molar refractivity (Wildman–Crippen MR) is 78.1 cm³/mol. The molecule has 3 N–H and O–H groups in total. The standard InChI is InChI=1S/C15H12O7/c1-20-6-3-7-11(8(16)4-6)15(19)22-9-5-10(21-2)13(17)14(18)12(7)9/h3-5,16-18H,1-2H3. The van der Waals surface area contributed by atoms with Gasteiger partial charge in [0.05, 0.1) is 19.6 Å². The van der Waals surface area contributed by atoms with Gasteiger partial charge >= 0.3 is 5.63 Å². The molecule has 0 amide bonds. The molecular formula is C15H12O7. The van der Waals surface area contributed by atoms with Gasteiger partial charge in [-0.3, -0.25) is 0 Å². The molecule has 0 aliphatic rings. The zero-order valence-electron chi connectivity index (χ0n) is 11.7. The molecule has 114 valence electrons. The molecule has 0 saturated heterocycles. The lowest BCUT2D eigenvalue weighted by molar-refractivity contribution is 0.352. The maximum Gasteiger partial charge on any atom is 0.347 e. The summed E-state index contributed by atoms with van der Waals surface area (Å²) in [5, 5.41) is 30.3. The highest BCUT2D eigenvalue weighted by Crippen LogP contribution is 2.45. The molecular weight excluding hydrogens is 292 g/mol. The van der Waals surface area contributed by atoms with E-state index in [4.69, 9.17) is 13.9 Å². The van der Waals surface area contributed by atoms with Crippen LogP contribution in [-0.2, 0) is 0 Å². The van der Waals surface area contributed by atoms with Gasteiger partial charge in [-0.2, -0.15) is 0 Å². The summed E-state index contributed by atoms with van der Waals surface area (Å²) in [6.07, 6.45) is 0. The molecule has 7 heteroatoms. The topological polar surface area (TPSA) is 109 Å². The molecule has 3 rings (SSSR count). The van der Waals surface area contributed by atoms with Gasteiger partial charge < -0.3 is 29.2 Å². The molecule has 1 heterocycles. The SMILES string of the molecule is COc1cc(O)c2c(=O)oc3cc(OC)c(O)c(O)c3c2c1. The number of hydrogen-bond acceptors (Lipinski definition) is 7. The Morgan fingerprint density at radius 2 is 1.68 bits per heavy atom. The fourth-order valence-corrected chi connectivity index (χ4v) is 2.39. The molecule has 1 aromatic heterocycles. The van der Waals surface area contributed by atoms with Gasteiger partial charge in [-0.25, -0.2) is 4.79 Å². The van der Waals surface area contributed by atoms with Gasteiger partial charge in [0.2, 0.25) is 5.75 Å². The smallest absolute Gasteiger partial charge is 0.347 e. The van der Waals surface area contributed by atoms with Crippen molar-refractivity contribution in [2.75, 3.05) is 14.2 Å². The number of phenols is 3. The number of methoxy groups -OCH3 is 2. The lowest BCUT2D eigenvalue weighted by Crippen LogP contribution is -2.01. The van der Waals surface area contributed by atoms with Crippen molar-refractivity contribution in [3.05, 3.63) is 28.6 Å². The summed E-state index contributed by atoms with van der Waals surface area (Å²) in [6, 6.07) is 3.99. The first kappa shape index (κ1) is 13.9. The lowest BCUT2D eigenvalue weighted by atomic mass is 10.0.